The van der Waals surface area contributed by atoms with Crippen molar-refractivity contribution in [1.82, 2.24) is 0 Å². The van der Waals surface area contributed by atoms with Crippen LogP contribution in [0.4, 0.5) is 5.69 Å². The van der Waals surface area contributed by atoms with E-state index in [0.29, 0.717) is 6.04 Å². The lowest BCUT2D eigenvalue weighted by Crippen LogP contribution is -2.27. The number of hydrogen-bond donors (Lipinski definition) is 1. The number of benzene rings is 2. The summed E-state index contributed by atoms with van der Waals surface area (Å²) in [6.45, 7) is 0. The maximum Gasteiger partial charge on any atom is 0.142 e. The van der Waals surface area contributed by atoms with Crippen LogP contribution in [0.25, 0.3) is 0 Å². The molecule has 2 nitrogen and oxygen atoms in total. The van der Waals surface area contributed by atoms with Gasteiger partial charge in [-0.05, 0) is 60.7 Å². The van der Waals surface area contributed by atoms with Gasteiger partial charge in [-0.2, -0.15) is 0 Å². The first kappa shape index (κ1) is 14.7. The van der Waals surface area contributed by atoms with E-state index >= 15 is 0 Å². The van der Waals surface area contributed by atoms with Crippen LogP contribution in [0.2, 0.25) is 5.02 Å². The van der Waals surface area contributed by atoms with Gasteiger partial charge in [0.15, 0.2) is 0 Å². The van der Waals surface area contributed by atoms with E-state index < -0.39 is 0 Å². The molecule has 2 aromatic carbocycles. The Kier molecular flexibility index (Phi) is 4.41. The van der Waals surface area contributed by atoms with Crippen molar-refractivity contribution in [3.63, 3.8) is 0 Å². The van der Waals surface area contributed by atoms with Crippen molar-refractivity contribution in [3.05, 3.63) is 57.0 Å². The van der Waals surface area contributed by atoms with E-state index in [2.05, 4.69) is 39.4 Å². The Morgan fingerprint density at radius 3 is 2.86 bits per heavy atom. The average molecular weight is 367 g/mol. The van der Waals surface area contributed by atoms with E-state index in [1.54, 1.807) is 7.11 Å². The molecule has 0 spiro atoms. The molecule has 0 heterocycles. The average Bonchev–Trinajstić information content (AvgIpc) is 2.48. The lowest BCUT2D eigenvalue weighted by Gasteiger charge is -2.27. The molecule has 1 N–H and O–H groups in total. The molecule has 0 amide bonds. The van der Waals surface area contributed by atoms with Crippen LogP contribution in [0, 0.1) is 0 Å². The normalized spacial score (nSPS) is 17.2. The molecule has 0 aromatic heterocycles. The number of hydrogen-bond acceptors (Lipinski definition) is 2. The molecule has 3 rings (SSSR count). The van der Waals surface area contributed by atoms with Gasteiger partial charge in [-0.1, -0.05) is 33.6 Å². The SMILES string of the molecule is COc1ccc(Cl)cc1NC1CCc2cc(Br)ccc2C1. The van der Waals surface area contributed by atoms with E-state index in [0.717, 1.165) is 40.2 Å². The summed E-state index contributed by atoms with van der Waals surface area (Å²) in [5, 5.41) is 4.30. The van der Waals surface area contributed by atoms with E-state index in [-0.39, 0.29) is 0 Å². The number of methoxy groups -OCH3 is 1. The van der Waals surface area contributed by atoms with Gasteiger partial charge in [-0.25, -0.2) is 0 Å². The second-order valence-corrected chi connectivity index (χ2v) is 6.69. The van der Waals surface area contributed by atoms with Crippen molar-refractivity contribution < 1.29 is 4.74 Å². The Morgan fingerprint density at radius 1 is 1.19 bits per heavy atom. The molecule has 0 bridgehead atoms. The molecule has 0 saturated heterocycles. The second kappa shape index (κ2) is 6.29. The van der Waals surface area contributed by atoms with Crippen LogP contribution in [0.15, 0.2) is 40.9 Å². The van der Waals surface area contributed by atoms with Gasteiger partial charge < -0.3 is 10.1 Å². The highest BCUT2D eigenvalue weighted by Crippen LogP contribution is 2.31. The summed E-state index contributed by atoms with van der Waals surface area (Å²) < 4.78 is 6.56. The van der Waals surface area contributed by atoms with E-state index in [1.165, 1.54) is 11.1 Å². The molecule has 4 heteroatoms. The largest absolute Gasteiger partial charge is 0.495 e. The molecule has 1 unspecified atom stereocenters. The summed E-state index contributed by atoms with van der Waals surface area (Å²) in [5.74, 6) is 0.834. The summed E-state index contributed by atoms with van der Waals surface area (Å²) in [6.07, 6.45) is 3.23. The molecule has 1 aliphatic carbocycles. The van der Waals surface area contributed by atoms with Crippen LogP contribution in [-0.4, -0.2) is 13.2 Å². The number of fused-ring (bicyclic) bond motifs is 1. The second-order valence-electron chi connectivity index (χ2n) is 5.34. The van der Waals surface area contributed by atoms with Gasteiger partial charge >= 0.3 is 0 Å². The van der Waals surface area contributed by atoms with Gasteiger partial charge in [0.05, 0.1) is 12.8 Å². The van der Waals surface area contributed by atoms with Crippen LogP contribution in [0.1, 0.15) is 17.5 Å². The fourth-order valence-electron chi connectivity index (χ4n) is 2.86. The van der Waals surface area contributed by atoms with Gasteiger partial charge in [-0.15, -0.1) is 0 Å². The fourth-order valence-corrected chi connectivity index (χ4v) is 3.44. The Bertz CT molecular complexity index is 659. The topological polar surface area (TPSA) is 21.3 Å². The predicted molar refractivity (Wildman–Crippen MR) is 91.6 cm³/mol. The van der Waals surface area contributed by atoms with Crippen LogP contribution in [-0.2, 0) is 12.8 Å². The molecule has 1 aliphatic rings. The lowest BCUT2D eigenvalue weighted by atomic mass is 9.88. The summed E-state index contributed by atoms with van der Waals surface area (Å²) >= 11 is 9.63. The molecule has 1 atom stereocenters. The minimum Gasteiger partial charge on any atom is -0.495 e. The number of aryl methyl sites for hydroxylation is 1. The third-order valence-electron chi connectivity index (χ3n) is 3.92. The van der Waals surface area contributed by atoms with Gasteiger partial charge in [0, 0.05) is 15.5 Å². The van der Waals surface area contributed by atoms with E-state index in [9.17, 15) is 0 Å². The first-order valence-corrected chi connectivity index (χ1v) is 8.20. The molecular formula is C17H17BrClNO. The Morgan fingerprint density at radius 2 is 2.05 bits per heavy atom. The molecule has 0 fully saturated rings. The Hall–Kier alpha value is -1.19. The number of anilines is 1. The molecule has 110 valence electrons. The standard InChI is InChI=1S/C17H17BrClNO/c1-21-17-7-5-14(19)10-16(17)20-15-6-3-11-8-13(18)4-2-12(11)9-15/h2,4-5,7-8,10,15,20H,3,6,9H2,1H3. The number of ether oxygens (including phenoxy) is 1. The molecule has 21 heavy (non-hydrogen) atoms. The third kappa shape index (κ3) is 3.35. The molecule has 0 aliphatic heterocycles. The summed E-state index contributed by atoms with van der Waals surface area (Å²) in [5.41, 5.74) is 3.83. The van der Waals surface area contributed by atoms with Crippen molar-refractivity contribution in [2.75, 3.05) is 12.4 Å². The zero-order valence-electron chi connectivity index (χ0n) is 11.8. The Balaban J connectivity index is 1.78. The van der Waals surface area contributed by atoms with Gasteiger partial charge in [0.1, 0.15) is 5.75 Å². The van der Waals surface area contributed by atoms with Gasteiger partial charge in [0.25, 0.3) is 0 Å². The van der Waals surface area contributed by atoms with E-state index in [1.807, 2.05) is 18.2 Å². The quantitative estimate of drug-likeness (QED) is 0.818. The lowest BCUT2D eigenvalue weighted by molar-refractivity contribution is 0.415. The van der Waals surface area contributed by atoms with Crippen molar-refractivity contribution in [2.45, 2.75) is 25.3 Å². The smallest absolute Gasteiger partial charge is 0.142 e. The van der Waals surface area contributed by atoms with Crippen LogP contribution in [0.5, 0.6) is 5.75 Å². The zero-order chi connectivity index (χ0) is 14.8. The highest BCUT2D eigenvalue weighted by molar-refractivity contribution is 9.10. The zero-order valence-corrected chi connectivity index (χ0v) is 14.2. The van der Waals surface area contributed by atoms with Crippen LogP contribution >= 0.6 is 27.5 Å². The fraction of sp³-hybridized carbons (Fsp3) is 0.294. The van der Waals surface area contributed by atoms with Crippen molar-refractivity contribution in [3.8, 4) is 5.75 Å². The highest BCUT2D eigenvalue weighted by Gasteiger charge is 2.19. The van der Waals surface area contributed by atoms with Crippen LogP contribution in [0.3, 0.4) is 0 Å². The maximum atomic E-state index is 6.09. The number of rotatable bonds is 3. The van der Waals surface area contributed by atoms with Crippen molar-refractivity contribution in [2.24, 2.45) is 0 Å². The highest BCUT2D eigenvalue weighted by atomic mass is 79.9. The van der Waals surface area contributed by atoms with Crippen LogP contribution < -0.4 is 10.1 Å². The molecule has 2 aromatic rings. The minimum absolute atomic E-state index is 0.408. The van der Waals surface area contributed by atoms with Crippen molar-refractivity contribution >= 4 is 33.2 Å². The van der Waals surface area contributed by atoms with Gasteiger partial charge in [-0.3, -0.25) is 0 Å². The monoisotopic (exact) mass is 365 g/mol. The Labute approximate surface area is 138 Å². The maximum absolute atomic E-state index is 6.09. The molecule has 0 radical (unpaired) electrons. The first-order chi connectivity index (χ1) is 10.2. The van der Waals surface area contributed by atoms with E-state index in [4.69, 9.17) is 16.3 Å². The predicted octanol–water partition coefficient (Wildman–Crippen LogP) is 5.08. The minimum atomic E-state index is 0.408. The summed E-state index contributed by atoms with van der Waals surface area (Å²) in [6, 6.07) is 12.6. The third-order valence-corrected chi connectivity index (χ3v) is 4.65. The number of nitrogens with one attached hydrogen (secondary N) is 1. The molecule has 0 saturated carbocycles. The number of halogens is 2. The summed E-state index contributed by atoms with van der Waals surface area (Å²) in [4.78, 5) is 0. The first-order valence-electron chi connectivity index (χ1n) is 7.03. The van der Waals surface area contributed by atoms with Crippen molar-refractivity contribution in [1.29, 1.82) is 0 Å². The summed E-state index contributed by atoms with van der Waals surface area (Å²) in [7, 11) is 1.68. The van der Waals surface area contributed by atoms with Gasteiger partial charge in [0.2, 0.25) is 0 Å². The molecular weight excluding hydrogens is 350 g/mol.